The van der Waals surface area contributed by atoms with Crippen LogP contribution < -0.4 is 0 Å². The molecule has 79 heavy (non-hydrogen) atoms. The Hall–Kier alpha value is -3.93. The summed E-state index contributed by atoms with van der Waals surface area (Å²) in [6.45, 7) is 6.49. The number of hydrogen-bond donors (Lipinski definition) is 0. The highest BCUT2D eigenvalue weighted by atomic mass is 16.6. The lowest BCUT2D eigenvalue weighted by Gasteiger charge is -2.18. The summed E-state index contributed by atoms with van der Waals surface area (Å²) in [4.78, 5) is 38.4. The average molecular weight is 1100 g/mol. The van der Waals surface area contributed by atoms with Gasteiger partial charge in [-0.25, -0.2) is 0 Å². The van der Waals surface area contributed by atoms with Gasteiger partial charge in [0.1, 0.15) is 13.2 Å². The van der Waals surface area contributed by atoms with Crippen molar-refractivity contribution in [3.63, 3.8) is 0 Å². The highest BCUT2D eigenvalue weighted by molar-refractivity contribution is 5.71. The lowest BCUT2D eigenvalue weighted by Crippen LogP contribution is -2.30. The largest absolute Gasteiger partial charge is 0.462 e. The maximum absolute atomic E-state index is 12.9. The van der Waals surface area contributed by atoms with Crippen molar-refractivity contribution in [3.8, 4) is 0 Å². The minimum absolute atomic E-state index is 0.0902. The Morgan fingerprint density at radius 3 is 0.797 bits per heavy atom. The number of allylic oxidation sites excluding steroid dienone is 18. The van der Waals surface area contributed by atoms with Gasteiger partial charge in [0.2, 0.25) is 0 Å². The highest BCUT2D eigenvalue weighted by Crippen LogP contribution is 2.16. The number of carbonyl (C=O) groups is 3. The molecule has 0 spiro atoms. The van der Waals surface area contributed by atoms with Crippen molar-refractivity contribution in [2.45, 2.75) is 322 Å². The second-order valence-corrected chi connectivity index (χ2v) is 22.0. The first-order valence-corrected chi connectivity index (χ1v) is 33.4. The molecule has 0 fully saturated rings. The molecule has 0 bridgehead atoms. The molecule has 0 N–H and O–H groups in total. The van der Waals surface area contributed by atoms with Crippen molar-refractivity contribution in [2.24, 2.45) is 0 Å². The third-order valence-corrected chi connectivity index (χ3v) is 14.2. The van der Waals surface area contributed by atoms with Crippen molar-refractivity contribution >= 4 is 17.9 Å². The zero-order chi connectivity index (χ0) is 57.1. The molecule has 0 amide bonds. The minimum atomic E-state index is -0.796. The summed E-state index contributed by atoms with van der Waals surface area (Å²) in [7, 11) is 0. The molecular formula is C73H124O6. The number of hydrogen-bond acceptors (Lipinski definition) is 6. The van der Waals surface area contributed by atoms with Crippen LogP contribution in [0.1, 0.15) is 316 Å². The van der Waals surface area contributed by atoms with Crippen LogP contribution in [-0.4, -0.2) is 37.2 Å². The Morgan fingerprint density at radius 2 is 0.494 bits per heavy atom. The van der Waals surface area contributed by atoms with E-state index in [-0.39, 0.29) is 31.1 Å². The van der Waals surface area contributed by atoms with Crippen molar-refractivity contribution in [1.82, 2.24) is 0 Å². The molecule has 0 radical (unpaired) electrons. The normalized spacial score (nSPS) is 12.8. The zero-order valence-electron chi connectivity index (χ0n) is 51.9. The number of ether oxygens (including phenoxy) is 3. The molecule has 6 nitrogen and oxygen atoms in total. The van der Waals surface area contributed by atoms with Crippen LogP contribution in [0.2, 0.25) is 0 Å². The molecule has 0 saturated heterocycles. The maximum Gasteiger partial charge on any atom is 0.306 e. The molecule has 0 heterocycles. The molecule has 1 unspecified atom stereocenters. The van der Waals surface area contributed by atoms with Gasteiger partial charge in [0.25, 0.3) is 0 Å². The molecular weight excluding hydrogens is 973 g/mol. The van der Waals surface area contributed by atoms with E-state index in [1.54, 1.807) is 0 Å². The standard InChI is InChI=1S/C73H124O6/c1-4-7-10-13-16-19-22-25-28-31-33-34-35-36-37-38-40-42-45-48-51-54-57-60-63-66-72(75)78-69-70(68-77-71(74)65-62-59-56-53-50-47-44-41-30-27-24-21-18-15-12-9-6-3)79-73(76)67-64-61-58-55-52-49-46-43-39-32-29-26-23-20-17-14-11-8-5-2/h9,12,17-18,20-22,25-27,29-31,33,35-36,44,47,70H,4-8,10-11,13-16,19,23-24,28,32,34,37-43,45-46,48-69H2,1-3H3/b12-9-,20-17-,21-18-,25-22-,29-26-,30-27-,33-31-,36-35-,47-44-. The van der Waals surface area contributed by atoms with Crippen molar-refractivity contribution < 1.29 is 28.6 Å². The van der Waals surface area contributed by atoms with Crippen molar-refractivity contribution in [3.05, 3.63) is 109 Å². The van der Waals surface area contributed by atoms with Crippen LogP contribution in [0.4, 0.5) is 0 Å². The molecule has 1 atom stereocenters. The third-order valence-electron chi connectivity index (χ3n) is 14.2. The fraction of sp³-hybridized carbons (Fsp3) is 0.712. The summed E-state index contributed by atoms with van der Waals surface area (Å²) in [5.41, 5.74) is 0. The molecule has 0 aliphatic rings. The molecule has 0 aromatic carbocycles. The van der Waals surface area contributed by atoms with Crippen LogP contribution in [0.15, 0.2) is 109 Å². The summed E-state index contributed by atoms with van der Waals surface area (Å²) >= 11 is 0. The van der Waals surface area contributed by atoms with Crippen molar-refractivity contribution in [2.75, 3.05) is 13.2 Å². The van der Waals surface area contributed by atoms with E-state index in [4.69, 9.17) is 14.2 Å². The van der Waals surface area contributed by atoms with E-state index in [1.807, 2.05) is 0 Å². The van der Waals surface area contributed by atoms with Crippen LogP contribution in [0.25, 0.3) is 0 Å². The molecule has 0 aliphatic carbocycles. The minimum Gasteiger partial charge on any atom is -0.462 e. The quantitative estimate of drug-likeness (QED) is 0.0261. The van der Waals surface area contributed by atoms with Gasteiger partial charge >= 0.3 is 17.9 Å². The van der Waals surface area contributed by atoms with Gasteiger partial charge in [-0.05, 0) is 128 Å². The lowest BCUT2D eigenvalue weighted by atomic mass is 10.0. The monoisotopic (exact) mass is 1100 g/mol. The topological polar surface area (TPSA) is 78.9 Å². The van der Waals surface area contributed by atoms with Crippen molar-refractivity contribution in [1.29, 1.82) is 0 Å². The molecule has 452 valence electrons. The number of esters is 3. The first kappa shape index (κ1) is 75.1. The third kappa shape index (κ3) is 64.8. The van der Waals surface area contributed by atoms with Gasteiger partial charge < -0.3 is 14.2 Å². The Balaban J connectivity index is 4.40. The van der Waals surface area contributed by atoms with Gasteiger partial charge in [0.05, 0.1) is 0 Å². The molecule has 0 rings (SSSR count). The number of rotatable bonds is 60. The Labute approximate surface area is 489 Å². The maximum atomic E-state index is 12.9. The molecule has 0 aromatic heterocycles. The van der Waals surface area contributed by atoms with E-state index >= 15 is 0 Å². The SMILES string of the molecule is CC/C=C\C/C=C\C/C=C\C/C=C\CCCCCCC(=O)OCC(COC(=O)CCCCCCCCCCCC/C=C\C/C=C\C/C=C\CCCCCCC)OC(=O)CCCCCCCCCCC/C=C\C/C=C\CCCCC. The van der Waals surface area contributed by atoms with Gasteiger partial charge in [-0.3, -0.25) is 14.4 Å². The second kappa shape index (κ2) is 66.6. The smallest absolute Gasteiger partial charge is 0.306 e. The van der Waals surface area contributed by atoms with E-state index < -0.39 is 6.10 Å². The van der Waals surface area contributed by atoms with E-state index in [2.05, 4.69) is 130 Å². The van der Waals surface area contributed by atoms with Crippen LogP contribution >= 0.6 is 0 Å². The summed E-state index contributed by atoms with van der Waals surface area (Å²) in [6, 6.07) is 0. The summed E-state index contributed by atoms with van der Waals surface area (Å²) in [5, 5.41) is 0. The van der Waals surface area contributed by atoms with Crippen LogP contribution in [-0.2, 0) is 28.6 Å². The fourth-order valence-corrected chi connectivity index (χ4v) is 9.24. The Kier molecular flexibility index (Phi) is 63.3. The Bertz CT molecular complexity index is 1590. The van der Waals surface area contributed by atoms with Gasteiger partial charge in [-0.1, -0.05) is 278 Å². The van der Waals surface area contributed by atoms with E-state index in [1.165, 1.54) is 161 Å². The number of carbonyl (C=O) groups excluding carboxylic acids is 3. The highest BCUT2D eigenvalue weighted by Gasteiger charge is 2.19. The van der Waals surface area contributed by atoms with Gasteiger partial charge in [0.15, 0.2) is 6.10 Å². The van der Waals surface area contributed by atoms with E-state index in [9.17, 15) is 14.4 Å². The zero-order valence-corrected chi connectivity index (χ0v) is 51.9. The first-order chi connectivity index (χ1) is 39.0. The summed E-state index contributed by atoms with van der Waals surface area (Å²) in [5.74, 6) is -0.913. The predicted molar refractivity (Wildman–Crippen MR) is 343 cm³/mol. The van der Waals surface area contributed by atoms with E-state index in [0.29, 0.717) is 19.3 Å². The van der Waals surface area contributed by atoms with Gasteiger partial charge in [-0.15, -0.1) is 0 Å². The number of unbranched alkanes of at least 4 members (excludes halogenated alkanes) is 31. The van der Waals surface area contributed by atoms with Crippen LogP contribution in [0, 0.1) is 0 Å². The molecule has 0 aliphatic heterocycles. The van der Waals surface area contributed by atoms with Crippen LogP contribution in [0.5, 0.6) is 0 Å². The molecule has 0 saturated carbocycles. The van der Waals surface area contributed by atoms with Crippen LogP contribution in [0.3, 0.4) is 0 Å². The second-order valence-electron chi connectivity index (χ2n) is 22.0. The average Bonchev–Trinajstić information content (AvgIpc) is 3.45. The summed E-state index contributed by atoms with van der Waals surface area (Å²) in [6.07, 6.45) is 90.9. The predicted octanol–water partition coefficient (Wildman–Crippen LogP) is 23.0. The van der Waals surface area contributed by atoms with Gasteiger partial charge in [-0.2, -0.15) is 0 Å². The van der Waals surface area contributed by atoms with E-state index in [0.717, 1.165) is 116 Å². The fourth-order valence-electron chi connectivity index (χ4n) is 9.24. The van der Waals surface area contributed by atoms with Gasteiger partial charge in [0, 0.05) is 19.3 Å². The lowest BCUT2D eigenvalue weighted by molar-refractivity contribution is -0.167. The molecule has 6 heteroatoms. The molecule has 0 aromatic rings. The first-order valence-electron chi connectivity index (χ1n) is 33.4. The Morgan fingerprint density at radius 1 is 0.266 bits per heavy atom. The summed E-state index contributed by atoms with van der Waals surface area (Å²) < 4.78 is 16.9.